The second kappa shape index (κ2) is 7.51. The molecule has 2 aromatic rings. The Morgan fingerprint density at radius 2 is 1.87 bits per heavy atom. The summed E-state index contributed by atoms with van der Waals surface area (Å²) in [5, 5.41) is 0. The van der Waals surface area contributed by atoms with Gasteiger partial charge in [-0.25, -0.2) is 0 Å². The van der Waals surface area contributed by atoms with E-state index < -0.39 is 0 Å². The van der Waals surface area contributed by atoms with Crippen molar-refractivity contribution >= 4 is 5.97 Å². The van der Waals surface area contributed by atoms with Crippen LogP contribution in [0.3, 0.4) is 0 Å². The number of carbonyl (C=O) groups is 1. The van der Waals surface area contributed by atoms with Gasteiger partial charge in [-0.2, -0.15) is 0 Å². The van der Waals surface area contributed by atoms with E-state index in [1.165, 1.54) is 5.56 Å². The van der Waals surface area contributed by atoms with Crippen molar-refractivity contribution in [2.45, 2.75) is 25.4 Å². The highest BCUT2D eigenvalue weighted by molar-refractivity contribution is 5.75. The molecule has 1 saturated heterocycles. The van der Waals surface area contributed by atoms with Gasteiger partial charge in [0.05, 0.1) is 33.4 Å². The lowest BCUT2D eigenvalue weighted by atomic mass is 9.80. The van der Waals surface area contributed by atoms with Crippen LogP contribution in [0.15, 0.2) is 36.4 Å². The van der Waals surface area contributed by atoms with E-state index in [0.717, 1.165) is 35.6 Å². The van der Waals surface area contributed by atoms with Crippen LogP contribution in [-0.4, -0.2) is 44.8 Å². The zero-order chi connectivity index (χ0) is 20.8. The van der Waals surface area contributed by atoms with E-state index in [4.69, 9.17) is 18.9 Å². The lowest BCUT2D eigenvalue weighted by Gasteiger charge is -2.38. The Balaban J connectivity index is 1.65. The normalized spacial score (nSPS) is 26.5. The van der Waals surface area contributed by atoms with Gasteiger partial charge in [-0.1, -0.05) is 18.2 Å². The summed E-state index contributed by atoms with van der Waals surface area (Å²) >= 11 is 0. The molecule has 158 valence electrons. The molecule has 30 heavy (non-hydrogen) atoms. The summed E-state index contributed by atoms with van der Waals surface area (Å²) < 4.78 is 22.7. The third-order valence-corrected chi connectivity index (χ3v) is 6.75. The number of hydrogen-bond donors (Lipinski definition) is 0. The van der Waals surface area contributed by atoms with Gasteiger partial charge in [0, 0.05) is 30.1 Å². The molecule has 0 saturated carbocycles. The van der Waals surface area contributed by atoms with E-state index >= 15 is 0 Å². The maximum Gasteiger partial charge on any atom is 0.311 e. The molecule has 3 aliphatic rings. The summed E-state index contributed by atoms with van der Waals surface area (Å²) in [4.78, 5) is 15.7. The third-order valence-electron chi connectivity index (χ3n) is 6.75. The van der Waals surface area contributed by atoms with E-state index in [1.54, 1.807) is 14.2 Å². The van der Waals surface area contributed by atoms with Gasteiger partial charge in [0.2, 0.25) is 0 Å². The van der Waals surface area contributed by atoms with Crippen LogP contribution in [0.5, 0.6) is 17.2 Å². The lowest BCUT2D eigenvalue weighted by Crippen LogP contribution is -2.36. The smallest absolute Gasteiger partial charge is 0.311 e. The molecule has 0 aliphatic carbocycles. The number of rotatable bonds is 4. The van der Waals surface area contributed by atoms with E-state index in [1.807, 2.05) is 31.2 Å². The molecule has 5 rings (SSSR count). The van der Waals surface area contributed by atoms with Crippen LogP contribution in [-0.2, 0) is 16.0 Å². The van der Waals surface area contributed by atoms with Gasteiger partial charge in [0.15, 0.2) is 11.5 Å². The molecule has 6 nitrogen and oxygen atoms in total. The molecule has 0 bridgehead atoms. The number of nitrogens with zero attached hydrogens (tertiary/aromatic N) is 1. The number of esters is 1. The van der Waals surface area contributed by atoms with Crippen LogP contribution in [0.1, 0.15) is 35.7 Å². The Bertz CT molecular complexity index is 974. The zero-order valence-electron chi connectivity index (χ0n) is 17.6. The molecule has 3 aliphatic heterocycles. The number of hydrogen-bond acceptors (Lipinski definition) is 6. The Morgan fingerprint density at radius 3 is 2.63 bits per heavy atom. The molecule has 0 N–H and O–H groups in total. The van der Waals surface area contributed by atoms with Gasteiger partial charge in [-0.3, -0.25) is 9.69 Å². The molecule has 1 fully saturated rings. The molecule has 0 radical (unpaired) electrons. The number of para-hydroxylation sites is 1. The van der Waals surface area contributed by atoms with Gasteiger partial charge >= 0.3 is 5.97 Å². The summed E-state index contributed by atoms with van der Waals surface area (Å²) in [6, 6.07) is 12.3. The van der Waals surface area contributed by atoms with Crippen molar-refractivity contribution in [1.29, 1.82) is 0 Å². The number of fused-ring (bicyclic) bond motifs is 7. The number of ether oxygens (including phenoxy) is 4. The first-order chi connectivity index (χ1) is 14.7. The monoisotopic (exact) mass is 409 g/mol. The van der Waals surface area contributed by atoms with Gasteiger partial charge < -0.3 is 18.9 Å². The second-order valence-corrected chi connectivity index (χ2v) is 8.07. The van der Waals surface area contributed by atoms with Crippen molar-refractivity contribution in [3.63, 3.8) is 0 Å². The van der Waals surface area contributed by atoms with Crippen LogP contribution >= 0.6 is 0 Å². The summed E-state index contributed by atoms with van der Waals surface area (Å²) in [5.74, 6) is 1.93. The molecule has 6 heteroatoms. The Labute approximate surface area is 176 Å². The molecule has 3 heterocycles. The van der Waals surface area contributed by atoms with Crippen LogP contribution in [0.2, 0.25) is 0 Å². The minimum absolute atomic E-state index is 0.0444. The van der Waals surface area contributed by atoms with Crippen LogP contribution in [0.4, 0.5) is 0 Å². The lowest BCUT2D eigenvalue weighted by molar-refractivity contribution is -0.151. The summed E-state index contributed by atoms with van der Waals surface area (Å²) in [6.45, 7) is 3.62. The number of benzene rings is 2. The van der Waals surface area contributed by atoms with Crippen LogP contribution in [0, 0.1) is 11.8 Å². The fourth-order valence-electron chi connectivity index (χ4n) is 5.57. The average molecular weight is 409 g/mol. The summed E-state index contributed by atoms with van der Waals surface area (Å²) in [6.07, 6.45) is 0.897. The predicted molar refractivity (Wildman–Crippen MR) is 111 cm³/mol. The van der Waals surface area contributed by atoms with Crippen molar-refractivity contribution in [3.05, 3.63) is 53.1 Å². The molecule has 0 aromatic heterocycles. The Morgan fingerprint density at radius 1 is 1.10 bits per heavy atom. The van der Waals surface area contributed by atoms with Crippen LogP contribution in [0.25, 0.3) is 0 Å². The van der Waals surface area contributed by atoms with E-state index in [9.17, 15) is 4.79 Å². The summed E-state index contributed by atoms with van der Waals surface area (Å²) in [7, 11) is 3.30. The molecular weight excluding hydrogens is 382 g/mol. The van der Waals surface area contributed by atoms with Gasteiger partial charge in [0.1, 0.15) is 5.75 Å². The van der Waals surface area contributed by atoms with E-state index in [0.29, 0.717) is 19.0 Å². The topological polar surface area (TPSA) is 57.2 Å². The SMILES string of the molecule is CCOC(=O)[C@@H]1[C@H]2COc3ccccc3[C@H]2N2CCc3cc(OC)c(OC)cc3[C@H]12. The van der Waals surface area contributed by atoms with Crippen molar-refractivity contribution in [1.82, 2.24) is 4.90 Å². The molecular formula is C24H27NO5. The largest absolute Gasteiger partial charge is 0.493 e. The first kappa shape index (κ1) is 19.2. The first-order valence-electron chi connectivity index (χ1n) is 10.6. The Hall–Kier alpha value is -2.73. The average Bonchev–Trinajstić information content (AvgIpc) is 3.13. The molecule has 0 amide bonds. The van der Waals surface area contributed by atoms with Crippen molar-refractivity contribution < 1.29 is 23.7 Å². The highest BCUT2D eigenvalue weighted by Gasteiger charge is 2.57. The molecule has 0 spiro atoms. The highest BCUT2D eigenvalue weighted by atomic mass is 16.5. The maximum absolute atomic E-state index is 13.2. The fourth-order valence-corrected chi connectivity index (χ4v) is 5.57. The van der Waals surface area contributed by atoms with Gasteiger partial charge in [-0.05, 0) is 42.7 Å². The Kier molecular flexibility index (Phi) is 4.82. The van der Waals surface area contributed by atoms with Crippen LogP contribution < -0.4 is 14.2 Å². The fraction of sp³-hybridized carbons (Fsp3) is 0.458. The second-order valence-electron chi connectivity index (χ2n) is 8.07. The number of methoxy groups -OCH3 is 2. The van der Waals surface area contributed by atoms with Crippen molar-refractivity contribution in [2.75, 3.05) is 34.0 Å². The van der Waals surface area contributed by atoms with Crippen molar-refractivity contribution in [2.24, 2.45) is 11.8 Å². The zero-order valence-corrected chi connectivity index (χ0v) is 17.6. The summed E-state index contributed by atoms with van der Waals surface area (Å²) in [5.41, 5.74) is 3.49. The van der Waals surface area contributed by atoms with E-state index in [2.05, 4.69) is 17.0 Å². The quantitative estimate of drug-likeness (QED) is 0.720. The minimum atomic E-state index is -0.291. The van der Waals surface area contributed by atoms with Gasteiger partial charge in [-0.15, -0.1) is 0 Å². The highest BCUT2D eigenvalue weighted by Crippen LogP contribution is 2.58. The maximum atomic E-state index is 13.2. The van der Waals surface area contributed by atoms with Gasteiger partial charge in [0.25, 0.3) is 0 Å². The minimum Gasteiger partial charge on any atom is -0.493 e. The third kappa shape index (κ3) is 2.77. The molecule has 2 aromatic carbocycles. The molecule has 4 atom stereocenters. The number of carbonyl (C=O) groups excluding carboxylic acids is 1. The molecule has 0 unspecified atom stereocenters. The first-order valence-corrected chi connectivity index (χ1v) is 10.6. The van der Waals surface area contributed by atoms with E-state index in [-0.39, 0.29) is 29.9 Å². The standard InChI is InChI=1S/C24H27NO5/c1-4-29-24(26)21-17-13-30-18-8-6-5-7-15(18)22(17)25-10-9-14-11-19(27-2)20(28-3)12-16(14)23(21)25/h5-8,11-12,17,21-23H,4,9-10,13H2,1-3H3/t17-,21-,22-,23-/m1/s1. The van der Waals surface area contributed by atoms with Crippen molar-refractivity contribution in [3.8, 4) is 17.2 Å². The predicted octanol–water partition coefficient (Wildman–Crippen LogP) is 3.55.